The lowest BCUT2D eigenvalue weighted by molar-refractivity contribution is 0.104. The maximum atomic E-state index is 12.1. The maximum absolute atomic E-state index is 12.1. The molecule has 6 heteroatoms. The predicted octanol–water partition coefficient (Wildman–Crippen LogP) is 4.11. The van der Waals surface area contributed by atoms with Gasteiger partial charge in [-0.3, -0.25) is 9.52 Å². The Hall–Kier alpha value is -1.92. The summed E-state index contributed by atoms with van der Waals surface area (Å²) in [4.78, 5) is 12.1. The minimum absolute atomic E-state index is 0.00235. The molecule has 4 nitrogen and oxygen atoms in total. The van der Waals surface area contributed by atoms with Crippen LogP contribution in [0, 0.1) is 0 Å². The molecular weight excluding hydrogens is 378 g/mol. The molecule has 0 heterocycles. The van der Waals surface area contributed by atoms with E-state index in [9.17, 15) is 13.2 Å². The third-order valence-electron chi connectivity index (χ3n) is 3.14. The van der Waals surface area contributed by atoms with Crippen molar-refractivity contribution in [1.29, 1.82) is 0 Å². The molecule has 0 saturated heterocycles. The Morgan fingerprint density at radius 1 is 1.13 bits per heavy atom. The molecule has 2 aromatic carbocycles. The van der Waals surface area contributed by atoms with E-state index in [0.29, 0.717) is 11.3 Å². The Bertz CT molecular complexity index is 827. The molecule has 0 radical (unpaired) electrons. The van der Waals surface area contributed by atoms with E-state index in [-0.39, 0.29) is 11.5 Å². The van der Waals surface area contributed by atoms with Gasteiger partial charge in [-0.25, -0.2) is 8.42 Å². The molecule has 0 atom stereocenters. The van der Waals surface area contributed by atoms with E-state index in [4.69, 9.17) is 0 Å². The molecule has 0 aromatic heterocycles. The minimum atomic E-state index is -3.31. The van der Waals surface area contributed by atoms with Gasteiger partial charge in [0.05, 0.1) is 5.75 Å². The fourth-order valence-corrected chi connectivity index (χ4v) is 2.88. The van der Waals surface area contributed by atoms with E-state index in [1.807, 2.05) is 24.3 Å². The van der Waals surface area contributed by atoms with Crippen molar-refractivity contribution >= 4 is 43.5 Å². The van der Waals surface area contributed by atoms with Gasteiger partial charge in [0.15, 0.2) is 5.78 Å². The second kappa shape index (κ2) is 7.57. The van der Waals surface area contributed by atoms with Gasteiger partial charge >= 0.3 is 0 Å². The number of allylic oxidation sites excluding steroid dienone is 1. The molecule has 0 aliphatic rings. The van der Waals surface area contributed by atoms with E-state index < -0.39 is 10.0 Å². The summed E-state index contributed by atoms with van der Waals surface area (Å²) in [5.74, 6) is -0.145. The van der Waals surface area contributed by atoms with Crippen LogP contribution in [0.3, 0.4) is 0 Å². The minimum Gasteiger partial charge on any atom is -0.289 e. The van der Waals surface area contributed by atoms with Crippen molar-refractivity contribution in [3.63, 3.8) is 0 Å². The SMILES string of the molecule is CCS(=O)(=O)Nc1ccc(C(=O)/C=C/c2ccccc2Br)cc1. The number of carbonyl (C=O) groups is 1. The Balaban J connectivity index is 2.10. The molecule has 0 amide bonds. The van der Waals surface area contributed by atoms with Crippen molar-refractivity contribution in [3.05, 3.63) is 70.2 Å². The molecule has 1 N–H and O–H groups in total. The third kappa shape index (κ3) is 5.04. The Labute approximate surface area is 144 Å². The third-order valence-corrected chi connectivity index (χ3v) is 5.17. The van der Waals surface area contributed by atoms with Crippen LogP contribution >= 0.6 is 15.9 Å². The maximum Gasteiger partial charge on any atom is 0.232 e. The summed E-state index contributed by atoms with van der Waals surface area (Å²) in [5, 5.41) is 0. The summed E-state index contributed by atoms with van der Waals surface area (Å²) in [6.07, 6.45) is 3.23. The number of hydrogen-bond acceptors (Lipinski definition) is 3. The van der Waals surface area contributed by atoms with Gasteiger partial charge in [0.25, 0.3) is 0 Å². The molecule has 0 spiro atoms. The van der Waals surface area contributed by atoms with E-state index >= 15 is 0 Å². The summed E-state index contributed by atoms with van der Waals surface area (Å²) in [6, 6.07) is 13.9. The highest BCUT2D eigenvalue weighted by atomic mass is 79.9. The molecule has 2 aromatic rings. The smallest absolute Gasteiger partial charge is 0.232 e. The van der Waals surface area contributed by atoms with Crippen LogP contribution in [0.1, 0.15) is 22.8 Å². The molecule has 0 bridgehead atoms. The van der Waals surface area contributed by atoms with Crippen molar-refractivity contribution in [2.75, 3.05) is 10.5 Å². The number of nitrogens with one attached hydrogen (secondary N) is 1. The van der Waals surface area contributed by atoms with Gasteiger partial charge in [-0.2, -0.15) is 0 Å². The highest BCUT2D eigenvalue weighted by Crippen LogP contribution is 2.18. The highest BCUT2D eigenvalue weighted by molar-refractivity contribution is 9.10. The van der Waals surface area contributed by atoms with Gasteiger partial charge in [-0.15, -0.1) is 0 Å². The lowest BCUT2D eigenvalue weighted by atomic mass is 10.1. The monoisotopic (exact) mass is 393 g/mol. The number of ketones is 1. The van der Waals surface area contributed by atoms with E-state index in [1.54, 1.807) is 37.3 Å². The first-order valence-corrected chi connectivity index (χ1v) is 9.43. The number of hydrogen-bond donors (Lipinski definition) is 1. The fraction of sp³-hybridized carbons (Fsp3) is 0.118. The van der Waals surface area contributed by atoms with Gasteiger partial charge in [-0.1, -0.05) is 34.1 Å². The van der Waals surface area contributed by atoms with Crippen molar-refractivity contribution in [1.82, 2.24) is 0 Å². The number of rotatable bonds is 6. The quantitative estimate of drug-likeness (QED) is 0.593. The molecule has 120 valence electrons. The van der Waals surface area contributed by atoms with Crippen molar-refractivity contribution in [3.8, 4) is 0 Å². The Morgan fingerprint density at radius 3 is 2.39 bits per heavy atom. The van der Waals surface area contributed by atoms with Gasteiger partial charge in [0, 0.05) is 15.7 Å². The molecule has 23 heavy (non-hydrogen) atoms. The van der Waals surface area contributed by atoms with E-state index in [2.05, 4.69) is 20.7 Å². The summed E-state index contributed by atoms with van der Waals surface area (Å²) in [6.45, 7) is 1.56. The number of anilines is 1. The Morgan fingerprint density at radius 2 is 1.78 bits per heavy atom. The Kier molecular flexibility index (Phi) is 5.74. The first-order valence-electron chi connectivity index (χ1n) is 6.99. The molecule has 0 saturated carbocycles. The predicted molar refractivity (Wildman–Crippen MR) is 97.0 cm³/mol. The fourth-order valence-electron chi connectivity index (χ4n) is 1.83. The highest BCUT2D eigenvalue weighted by Gasteiger charge is 2.07. The largest absolute Gasteiger partial charge is 0.289 e. The lowest BCUT2D eigenvalue weighted by Crippen LogP contribution is -2.14. The molecule has 0 fully saturated rings. The van der Waals surface area contributed by atoms with Crippen LogP contribution < -0.4 is 4.72 Å². The van der Waals surface area contributed by atoms with Crippen molar-refractivity contribution in [2.45, 2.75) is 6.92 Å². The second-order valence-electron chi connectivity index (χ2n) is 4.80. The van der Waals surface area contributed by atoms with E-state index in [0.717, 1.165) is 10.0 Å². The molecule has 0 aliphatic heterocycles. The standard InChI is InChI=1S/C17H16BrNO3S/c1-2-23(21,22)19-15-10-7-14(8-11-15)17(20)12-9-13-5-3-4-6-16(13)18/h3-12,19H,2H2,1H3/b12-9+. The summed E-state index contributed by atoms with van der Waals surface area (Å²) in [5.41, 5.74) is 1.85. The van der Waals surface area contributed by atoms with Crippen LogP contribution in [0.25, 0.3) is 6.08 Å². The van der Waals surface area contributed by atoms with Crippen LogP contribution in [-0.2, 0) is 10.0 Å². The van der Waals surface area contributed by atoms with Gasteiger partial charge in [-0.05, 0) is 55.0 Å². The van der Waals surface area contributed by atoms with Gasteiger partial charge in [0.1, 0.15) is 0 Å². The molecule has 0 unspecified atom stereocenters. The topological polar surface area (TPSA) is 63.2 Å². The first kappa shape index (κ1) is 17.4. The van der Waals surface area contributed by atoms with Crippen LogP contribution in [0.15, 0.2) is 59.1 Å². The zero-order valence-electron chi connectivity index (χ0n) is 12.5. The normalized spacial score (nSPS) is 11.6. The van der Waals surface area contributed by atoms with Crippen LogP contribution in [-0.4, -0.2) is 20.0 Å². The van der Waals surface area contributed by atoms with Crippen molar-refractivity contribution < 1.29 is 13.2 Å². The molecule has 2 rings (SSSR count). The van der Waals surface area contributed by atoms with E-state index in [1.165, 1.54) is 6.08 Å². The summed E-state index contributed by atoms with van der Waals surface area (Å²) >= 11 is 3.42. The number of carbonyl (C=O) groups excluding carboxylic acids is 1. The van der Waals surface area contributed by atoms with Crippen LogP contribution in [0.4, 0.5) is 5.69 Å². The number of halogens is 1. The zero-order chi connectivity index (χ0) is 16.9. The molecule has 0 aliphatic carbocycles. The zero-order valence-corrected chi connectivity index (χ0v) is 14.9. The first-order chi connectivity index (χ1) is 10.9. The lowest BCUT2D eigenvalue weighted by Gasteiger charge is -2.06. The summed E-state index contributed by atoms with van der Waals surface area (Å²) < 4.78 is 26.3. The van der Waals surface area contributed by atoms with Crippen LogP contribution in [0.5, 0.6) is 0 Å². The van der Waals surface area contributed by atoms with Gasteiger partial charge < -0.3 is 0 Å². The average Bonchev–Trinajstić information content (AvgIpc) is 2.54. The van der Waals surface area contributed by atoms with Crippen LogP contribution in [0.2, 0.25) is 0 Å². The number of sulfonamides is 1. The average molecular weight is 394 g/mol. The summed E-state index contributed by atoms with van der Waals surface area (Å²) in [7, 11) is -3.31. The van der Waals surface area contributed by atoms with Gasteiger partial charge in [0.2, 0.25) is 10.0 Å². The number of benzene rings is 2. The van der Waals surface area contributed by atoms with Crippen molar-refractivity contribution in [2.24, 2.45) is 0 Å². The second-order valence-corrected chi connectivity index (χ2v) is 7.67. The molecular formula is C17H16BrNO3S.